The van der Waals surface area contributed by atoms with Crippen LogP contribution in [-0.2, 0) is 16.6 Å². The topological polar surface area (TPSA) is 131 Å². The van der Waals surface area contributed by atoms with Crippen LogP contribution in [0.1, 0.15) is 5.56 Å². The van der Waals surface area contributed by atoms with Gasteiger partial charge in [-0.1, -0.05) is 12.1 Å². The molecule has 0 aliphatic rings. The summed E-state index contributed by atoms with van der Waals surface area (Å²) in [5.41, 5.74) is 7.62. The SMILES string of the molecule is NC(=NCc1ccc(S(N)(=O)=O)cc1)NO. The summed E-state index contributed by atoms with van der Waals surface area (Å²) in [7, 11) is -3.67. The first-order valence-electron chi connectivity index (χ1n) is 4.25. The summed E-state index contributed by atoms with van der Waals surface area (Å²) in [5, 5.41) is 13.3. The lowest BCUT2D eigenvalue weighted by Crippen LogP contribution is -2.28. The highest BCUT2D eigenvalue weighted by Crippen LogP contribution is 2.09. The molecule has 0 radical (unpaired) electrons. The summed E-state index contributed by atoms with van der Waals surface area (Å²) in [6.07, 6.45) is 0. The first kappa shape index (κ1) is 12.4. The Hall–Kier alpha value is -1.64. The lowest BCUT2D eigenvalue weighted by molar-refractivity contribution is 0.232. The van der Waals surface area contributed by atoms with Gasteiger partial charge in [-0.2, -0.15) is 0 Å². The zero-order valence-corrected chi connectivity index (χ0v) is 9.11. The highest BCUT2D eigenvalue weighted by atomic mass is 32.2. The van der Waals surface area contributed by atoms with Gasteiger partial charge in [-0.05, 0) is 17.7 Å². The van der Waals surface area contributed by atoms with Gasteiger partial charge in [-0.3, -0.25) is 5.21 Å². The maximum atomic E-state index is 10.9. The average Bonchev–Trinajstić information content (AvgIpc) is 2.25. The van der Waals surface area contributed by atoms with Crippen molar-refractivity contribution in [1.82, 2.24) is 5.48 Å². The van der Waals surface area contributed by atoms with Gasteiger partial charge in [0.25, 0.3) is 0 Å². The van der Waals surface area contributed by atoms with Crippen molar-refractivity contribution in [3.63, 3.8) is 0 Å². The van der Waals surface area contributed by atoms with Crippen molar-refractivity contribution in [2.24, 2.45) is 15.9 Å². The molecule has 0 amide bonds. The van der Waals surface area contributed by atoms with Crippen LogP contribution in [0.4, 0.5) is 0 Å². The molecule has 0 aliphatic carbocycles. The third-order valence-electron chi connectivity index (χ3n) is 1.80. The highest BCUT2D eigenvalue weighted by molar-refractivity contribution is 7.89. The van der Waals surface area contributed by atoms with Crippen LogP contribution in [0.15, 0.2) is 34.2 Å². The fourth-order valence-electron chi connectivity index (χ4n) is 0.996. The van der Waals surface area contributed by atoms with Crippen LogP contribution in [-0.4, -0.2) is 19.6 Å². The van der Waals surface area contributed by atoms with Gasteiger partial charge >= 0.3 is 0 Å². The molecular weight excluding hydrogens is 232 g/mol. The second-order valence-corrected chi connectivity index (χ2v) is 4.56. The standard InChI is InChI=1S/C8H12N4O3S/c9-8(12-13)11-5-6-1-3-7(4-2-6)16(10,14)15/h1-4,13H,5H2,(H3,9,11,12)(H2,10,14,15). The van der Waals surface area contributed by atoms with E-state index in [1.165, 1.54) is 12.1 Å². The Bertz CT molecular complexity index is 481. The predicted octanol–water partition coefficient (Wildman–Crippen LogP) is -0.872. The number of hydrogen-bond donors (Lipinski definition) is 4. The summed E-state index contributed by atoms with van der Waals surface area (Å²) in [5.74, 6) is -0.115. The minimum absolute atomic E-state index is 0.0356. The van der Waals surface area contributed by atoms with E-state index in [9.17, 15) is 8.42 Å². The molecule has 1 aromatic carbocycles. The molecule has 0 fully saturated rings. The monoisotopic (exact) mass is 244 g/mol. The van der Waals surface area contributed by atoms with E-state index in [1.54, 1.807) is 17.6 Å². The molecule has 0 heterocycles. The summed E-state index contributed by atoms with van der Waals surface area (Å²) >= 11 is 0. The van der Waals surface area contributed by atoms with Gasteiger partial charge < -0.3 is 5.73 Å². The molecule has 0 atom stereocenters. The Labute approximate surface area is 92.8 Å². The number of sulfonamides is 1. The second kappa shape index (κ2) is 4.92. The van der Waals surface area contributed by atoms with Gasteiger partial charge in [0.1, 0.15) is 0 Å². The number of hydroxylamine groups is 1. The maximum absolute atomic E-state index is 10.9. The fraction of sp³-hybridized carbons (Fsp3) is 0.125. The third kappa shape index (κ3) is 3.50. The van der Waals surface area contributed by atoms with Crippen molar-refractivity contribution in [1.29, 1.82) is 0 Å². The lowest BCUT2D eigenvalue weighted by Gasteiger charge is -2.01. The Morgan fingerprint density at radius 2 is 1.94 bits per heavy atom. The van der Waals surface area contributed by atoms with Gasteiger partial charge in [0.2, 0.25) is 16.0 Å². The molecular formula is C8H12N4O3S. The van der Waals surface area contributed by atoms with Crippen LogP contribution < -0.4 is 16.4 Å². The molecule has 8 heteroatoms. The molecule has 88 valence electrons. The Morgan fingerprint density at radius 1 is 1.38 bits per heavy atom. The number of guanidine groups is 1. The second-order valence-electron chi connectivity index (χ2n) is 3.00. The largest absolute Gasteiger partial charge is 0.368 e. The summed E-state index contributed by atoms with van der Waals surface area (Å²) < 4.78 is 21.9. The summed E-state index contributed by atoms with van der Waals surface area (Å²) in [6, 6.07) is 5.88. The van der Waals surface area contributed by atoms with E-state index in [0.717, 1.165) is 5.56 Å². The van der Waals surface area contributed by atoms with Crippen molar-refractivity contribution in [2.45, 2.75) is 11.4 Å². The number of benzene rings is 1. The molecule has 0 aromatic heterocycles. The Kier molecular flexibility index (Phi) is 3.82. The van der Waals surface area contributed by atoms with Crippen molar-refractivity contribution >= 4 is 16.0 Å². The van der Waals surface area contributed by atoms with Crippen molar-refractivity contribution in [3.8, 4) is 0 Å². The first-order valence-corrected chi connectivity index (χ1v) is 5.80. The lowest BCUT2D eigenvalue weighted by atomic mass is 10.2. The molecule has 0 saturated heterocycles. The molecule has 0 aliphatic heterocycles. The minimum atomic E-state index is -3.67. The van der Waals surface area contributed by atoms with Crippen LogP contribution in [0.5, 0.6) is 0 Å². The zero-order chi connectivity index (χ0) is 12.2. The molecule has 7 nitrogen and oxygen atoms in total. The fourth-order valence-corrected chi connectivity index (χ4v) is 1.51. The van der Waals surface area contributed by atoms with Gasteiger partial charge in [-0.15, -0.1) is 0 Å². The average molecular weight is 244 g/mol. The summed E-state index contributed by atoms with van der Waals surface area (Å²) in [4.78, 5) is 3.79. The molecule has 0 bridgehead atoms. The van der Waals surface area contributed by atoms with Gasteiger partial charge in [0.15, 0.2) is 0 Å². The van der Waals surface area contributed by atoms with Gasteiger partial charge in [0, 0.05) is 0 Å². The number of nitrogens with zero attached hydrogens (tertiary/aromatic N) is 1. The molecule has 0 unspecified atom stereocenters. The molecule has 1 rings (SSSR count). The molecule has 0 spiro atoms. The van der Waals surface area contributed by atoms with E-state index in [0.29, 0.717) is 0 Å². The van der Waals surface area contributed by atoms with E-state index in [-0.39, 0.29) is 17.4 Å². The molecule has 0 saturated carbocycles. The normalized spacial score (nSPS) is 12.5. The van der Waals surface area contributed by atoms with Crippen LogP contribution in [0.25, 0.3) is 0 Å². The van der Waals surface area contributed by atoms with Crippen molar-refractivity contribution in [2.75, 3.05) is 0 Å². The van der Waals surface area contributed by atoms with Crippen molar-refractivity contribution < 1.29 is 13.6 Å². The molecule has 16 heavy (non-hydrogen) atoms. The van der Waals surface area contributed by atoms with Gasteiger partial charge in [-0.25, -0.2) is 24.0 Å². The van der Waals surface area contributed by atoms with E-state index in [2.05, 4.69) is 4.99 Å². The number of rotatable bonds is 3. The number of aliphatic imine (C=N–C) groups is 1. The van der Waals surface area contributed by atoms with E-state index >= 15 is 0 Å². The number of nitrogens with two attached hydrogens (primary N) is 2. The van der Waals surface area contributed by atoms with Crippen LogP contribution in [0, 0.1) is 0 Å². The smallest absolute Gasteiger partial charge is 0.238 e. The van der Waals surface area contributed by atoms with Crippen LogP contribution in [0.2, 0.25) is 0 Å². The van der Waals surface area contributed by atoms with Crippen LogP contribution in [0.3, 0.4) is 0 Å². The third-order valence-corrected chi connectivity index (χ3v) is 2.73. The Balaban J connectivity index is 2.81. The Morgan fingerprint density at radius 3 is 2.38 bits per heavy atom. The number of hydrogen-bond acceptors (Lipinski definition) is 4. The van der Waals surface area contributed by atoms with E-state index in [4.69, 9.17) is 16.1 Å². The molecule has 1 aromatic rings. The zero-order valence-electron chi connectivity index (χ0n) is 8.29. The van der Waals surface area contributed by atoms with E-state index in [1.807, 2.05) is 0 Å². The molecule has 6 N–H and O–H groups in total. The van der Waals surface area contributed by atoms with Crippen LogP contribution >= 0.6 is 0 Å². The van der Waals surface area contributed by atoms with Crippen molar-refractivity contribution in [3.05, 3.63) is 29.8 Å². The maximum Gasteiger partial charge on any atom is 0.238 e. The first-order chi connectivity index (χ1) is 7.43. The number of primary sulfonamides is 1. The quantitative estimate of drug-likeness (QED) is 0.312. The predicted molar refractivity (Wildman–Crippen MR) is 58.1 cm³/mol. The van der Waals surface area contributed by atoms with Gasteiger partial charge in [0.05, 0.1) is 11.4 Å². The minimum Gasteiger partial charge on any atom is -0.368 e. The summed E-state index contributed by atoms with van der Waals surface area (Å²) in [6.45, 7) is 0.226. The van der Waals surface area contributed by atoms with E-state index < -0.39 is 10.0 Å². The highest BCUT2D eigenvalue weighted by Gasteiger charge is 2.06. The number of nitrogens with one attached hydrogen (secondary N) is 1.